The number of aryl methyl sites for hydroxylation is 1. The average molecular weight is 567 g/mol. The topological polar surface area (TPSA) is 142 Å². The molecule has 0 spiro atoms. The fourth-order valence-corrected chi connectivity index (χ4v) is 5.08. The van der Waals surface area contributed by atoms with Crippen molar-refractivity contribution < 1.29 is 14.3 Å². The number of H-pyrrole nitrogens is 1. The first kappa shape index (κ1) is 29.0. The molecule has 1 aliphatic heterocycles. The zero-order chi connectivity index (χ0) is 29.0. The number of nitrogen functional groups attached to an aromatic ring is 1. The second-order valence-electron chi connectivity index (χ2n) is 9.55. The van der Waals surface area contributed by atoms with Crippen LogP contribution in [-0.2, 0) is 11.3 Å². The van der Waals surface area contributed by atoms with E-state index in [1.165, 1.54) is 4.90 Å². The number of rotatable bonds is 11. The van der Waals surface area contributed by atoms with Crippen molar-refractivity contribution in [2.75, 3.05) is 43.9 Å². The average Bonchev–Trinajstić information content (AvgIpc) is 3.49. The van der Waals surface area contributed by atoms with E-state index >= 15 is 0 Å². The Kier molecular flexibility index (Phi) is 9.06. The number of nitrogens with one attached hydrogen (secondary N) is 2. The number of hydrogen-bond acceptors (Lipinski definition) is 8. The number of anilines is 2. The van der Waals surface area contributed by atoms with E-state index in [1.54, 1.807) is 31.6 Å². The van der Waals surface area contributed by atoms with Crippen LogP contribution >= 0.6 is 11.6 Å². The summed E-state index contributed by atoms with van der Waals surface area (Å²) in [4.78, 5) is 46.2. The Bertz CT molecular complexity index is 1450. The molecule has 12 heteroatoms. The lowest BCUT2D eigenvalue weighted by Gasteiger charge is -2.19. The second kappa shape index (κ2) is 12.5. The van der Waals surface area contributed by atoms with Crippen LogP contribution in [0.1, 0.15) is 58.7 Å². The van der Waals surface area contributed by atoms with E-state index in [2.05, 4.69) is 44.0 Å². The normalized spacial score (nSPS) is 13.8. The fraction of sp³-hybridized carbons (Fsp3) is 0.393. The van der Waals surface area contributed by atoms with Gasteiger partial charge in [-0.1, -0.05) is 25.4 Å². The summed E-state index contributed by atoms with van der Waals surface area (Å²) in [5, 5.41) is 3.01. The van der Waals surface area contributed by atoms with Crippen LogP contribution in [0.4, 0.5) is 11.8 Å². The van der Waals surface area contributed by atoms with E-state index < -0.39 is 0 Å². The van der Waals surface area contributed by atoms with E-state index in [1.807, 2.05) is 13.8 Å². The van der Waals surface area contributed by atoms with Gasteiger partial charge in [-0.25, -0.2) is 4.98 Å². The zero-order valence-electron chi connectivity index (χ0n) is 23.5. The van der Waals surface area contributed by atoms with Gasteiger partial charge in [-0.05, 0) is 52.0 Å². The van der Waals surface area contributed by atoms with Gasteiger partial charge in [-0.3, -0.25) is 19.5 Å². The lowest BCUT2D eigenvalue weighted by Crippen LogP contribution is -2.29. The highest BCUT2D eigenvalue weighted by atomic mass is 35.5. The molecule has 3 aromatic heterocycles. The van der Waals surface area contributed by atoms with Gasteiger partial charge in [0.15, 0.2) is 5.82 Å². The number of hydrogen-bond donors (Lipinski definition) is 3. The molecule has 11 nitrogen and oxygen atoms in total. The van der Waals surface area contributed by atoms with Gasteiger partial charge in [0, 0.05) is 35.8 Å². The van der Waals surface area contributed by atoms with Crippen LogP contribution in [0.2, 0.25) is 5.15 Å². The number of carbonyl (C=O) groups is 2. The molecule has 0 aliphatic carbocycles. The maximum absolute atomic E-state index is 13.7. The minimum Gasteiger partial charge on any atom is -0.496 e. The molecule has 0 aromatic carbocycles. The number of amides is 2. The molecule has 3 aromatic rings. The lowest BCUT2D eigenvalue weighted by atomic mass is 10.1. The Balaban J connectivity index is 1.58. The van der Waals surface area contributed by atoms with Crippen molar-refractivity contribution >= 4 is 46.8 Å². The molecule has 0 saturated carbocycles. The van der Waals surface area contributed by atoms with Crippen LogP contribution < -0.4 is 20.7 Å². The fourth-order valence-electron chi connectivity index (χ4n) is 4.80. The molecule has 0 unspecified atom stereocenters. The maximum Gasteiger partial charge on any atom is 0.260 e. The van der Waals surface area contributed by atoms with Crippen LogP contribution in [0, 0.1) is 13.8 Å². The van der Waals surface area contributed by atoms with E-state index in [-0.39, 0.29) is 35.0 Å². The summed E-state index contributed by atoms with van der Waals surface area (Å²) in [5.41, 5.74) is 9.92. The first-order chi connectivity index (χ1) is 19.2. The Morgan fingerprint density at radius 2 is 2.02 bits per heavy atom. The summed E-state index contributed by atoms with van der Waals surface area (Å²) in [6.45, 7) is 11.6. The molecule has 4 rings (SSSR count). The molecule has 212 valence electrons. The first-order valence-corrected chi connectivity index (χ1v) is 13.6. The van der Waals surface area contributed by atoms with Crippen LogP contribution in [0.15, 0.2) is 18.5 Å². The SMILES string of the molecule is CCN(CC)CCCNC(=O)c1c[nH]c(/C=C2\C(=O)N(Cc3ncc(C)c(OC)c3C)c3nc(N)nc(Cl)c32)c1. The molecule has 4 heterocycles. The number of halogens is 1. The standard InChI is InChI=1S/C28H35ClN8O3/c1-6-36(7-2)10-8-9-31-26(38)18-11-19(32-14-18)12-20-22-24(29)34-28(30)35-25(22)37(27(20)39)15-21-17(4)23(40-5)16(3)13-33-21/h11-14,32H,6-10,15H2,1-5H3,(H,31,38)(H2,30,34,35)/b20-12-. The van der Waals surface area contributed by atoms with Crippen LogP contribution in [-0.4, -0.2) is 69.9 Å². The molecule has 0 saturated heterocycles. The van der Waals surface area contributed by atoms with Crippen molar-refractivity contribution in [3.63, 3.8) is 0 Å². The number of carbonyl (C=O) groups excluding carboxylic acids is 2. The molecule has 1 aliphatic rings. The van der Waals surface area contributed by atoms with Crippen LogP contribution in [0.5, 0.6) is 5.75 Å². The van der Waals surface area contributed by atoms with Crippen molar-refractivity contribution in [3.8, 4) is 5.75 Å². The third kappa shape index (κ3) is 5.95. The summed E-state index contributed by atoms with van der Waals surface area (Å²) in [6, 6.07) is 1.69. The third-order valence-electron chi connectivity index (χ3n) is 7.02. The van der Waals surface area contributed by atoms with E-state index in [0.717, 1.165) is 37.2 Å². The summed E-state index contributed by atoms with van der Waals surface area (Å²) < 4.78 is 5.53. The Morgan fingerprint density at radius 3 is 2.73 bits per heavy atom. The highest BCUT2D eigenvalue weighted by molar-refractivity contribution is 6.41. The minimum absolute atomic E-state index is 0.0474. The van der Waals surface area contributed by atoms with Gasteiger partial charge in [0.25, 0.3) is 11.8 Å². The summed E-state index contributed by atoms with van der Waals surface area (Å²) in [6.07, 6.45) is 5.81. The number of methoxy groups -OCH3 is 1. The maximum atomic E-state index is 13.7. The largest absolute Gasteiger partial charge is 0.496 e. The molecular formula is C28H35ClN8O3. The molecular weight excluding hydrogens is 532 g/mol. The van der Waals surface area contributed by atoms with Crippen molar-refractivity contribution in [2.45, 2.75) is 40.7 Å². The number of ether oxygens (including phenoxy) is 1. The van der Waals surface area contributed by atoms with Gasteiger partial charge >= 0.3 is 0 Å². The van der Waals surface area contributed by atoms with Crippen molar-refractivity contribution in [2.24, 2.45) is 0 Å². The Hall–Kier alpha value is -3.96. The molecule has 2 amide bonds. The Labute approximate surface area is 238 Å². The molecule has 0 fully saturated rings. The van der Waals surface area contributed by atoms with E-state index in [4.69, 9.17) is 22.1 Å². The third-order valence-corrected chi connectivity index (χ3v) is 7.29. The van der Waals surface area contributed by atoms with E-state index in [0.29, 0.717) is 40.6 Å². The molecule has 0 atom stereocenters. The molecule has 4 N–H and O–H groups in total. The highest BCUT2D eigenvalue weighted by Gasteiger charge is 2.37. The second-order valence-corrected chi connectivity index (χ2v) is 9.90. The first-order valence-electron chi connectivity index (χ1n) is 13.2. The predicted molar refractivity (Wildman–Crippen MR) is 156 cm³/mol. The van der Waals surface area contributed by atoms with Gasteiger partial charge in [0.1, 0.15) is 10.9 Å². The van der Waals surface area contributed by atoms with Gasteiger partial charge < -0.3 is 25.7 Å². The number of fused-ring (bicyclic) bond motifs is 1. The van der Waals surface area contributed by atoms with Crippen molar-refractivity contribution in [3.05, 3.63) is 57.3 Å². The van der Waals surface area contributed by atoms with Crippen molar-refractivity contribution in [1.82, 2.24) is 30.2 Å². The number of aromatic nitrogens is 4. The zero-order valence-corrected chi connectivity index (χ0v) is 24.2. The van der Waals surface area contributed by atoms with Gasteiger partial charge in [0.05, 0.1) is 36.0 Å². The molecule has 0 radical (unpaired) electrons. The van der Waals surface area contributed by atoms with Crippen molar-refractivity contribution in [1.29, 1.82) is 0 Å². The summed E-state index contributed by atoms with van der Waals surface area (Å²) in [5.74, 6) is 0.429. The number of nitrogens with zero attached hydrogens (tertiary/aromatic N) is 5. The number of nitrogens with two attached hydrogens (primary N) is 1. The van der Waals surface area contributed by atoms with Gasteiger partial charge in [0.2, 0.25) is 5.95 Å². The predicted octanol–water partition coefficient (Wildman–Crippen LogP) is 3.61. The van der Waals surface area contributed by atoms with E-state index in [9.17, 15) is 9.59 Å². The van der Waals surface area contributed by atoms with Gasteiger partial charge in [-0.15, -0.1) is 0 Å². The number of pyridine rings is 1. The monoisotopic (exact) mass is 566 g/mol. The number of aromatic amines is 1. The van der Waals surface area contributed by atoms with Gasteiger partial charge in [-0.2, -0.15) is 4.98 Å². The Morgan fingerprint density at radius 1 is 1.27 bits per heavy atom. The molecule has 0 bridgehead atoms. The quantitative estimate of drug-likeness (QED) is 0.181. The van der Waals surface area contributed by atoms with Crippen LogP contribution in [0.25, 0.3) is 11.6 Å². The lowest BCUT2D eigenvalue weighted by molar-refractivity contribution is -0.113. The smallest absolute Gasteiger partial charge is 0.260 e. The van der Waals surface area contributed by atoms with Crippen LogP contribution in [0.3, 0.4) is 0 Å². The summed E-state index contributed by atoms with van der Waals surface area (Å²) >= 11 is 6.47. The minimum atomic E-state index is -0.338. The molecule has 40 heavy (non-hydrogen) atoms. The highest BCUT2D eigenvalue weighted by Crippen LogP contribution is 2.41. The summed E-state index contributed by atoms with van der Waals surface area (Å²) in [7, 11) is 1.60.